The SMILES string of the molecule is CCN1CCN(C(=O)C2CCC(C(=O)Nc3ccccc3C)CC2)CC1. The summed E-state index contributed by atoms with van der Waals surface area (Å²) in [5.41, 5.74) is 1.97. The van der Waals surface area contributed by atoms with Crippen LogP contribution in [0, 0.1) is 18.8 Å². The fourth-order valence-electron chi connectivity index (χ4n) is 4.09. The number of para-hydroxylation sites is 1. The van der Waals surface area contributed by atoms with Gasteiger partial charge in [-0.1, -0.05) is 25.1 Å². The van der Waals surface area contributed by atoms with E-state index in [0.717, 1.165) is 69.7 Å². The second-order valence-electron chi connectivity index (χ2n) is 7.61. The zero-order valence-corrected chi connectivity index (χ0v) is 16.0. The molecule has 1 N–H and O–H groups in total. The summed E-state index contributed by atoms with van der Waals surface area (Å²) >= 11 is 0. The van der Waals surface area contributed by atoms with Gasteiger partial charge in [0, 0.05) is 43.7 Å². The molecule has 1 aliphatic carbocycles. The van der Waals surface area contributed by atoms with E-state index in [1.165, 1.54) is 0 Å². The number of likely N-dealkylation sites (N-methyl/N-ethyl adjacent to an activating group) is 1. The molecule has 2 fully saturated rings. The Morgan fingerprint density at radius 2 is 1.62 bits per heavy atom. The van der Waals surface area contributed by atoms with E-state index >= 15 is 0 Å². The molecule has 1 saturated heterocycles. The van der Waals surface area contributed by atoms with Crippen molar-refractivity contribution in [2.24, 2.45) is 11.8 Å². The lowest BCUT2D eigenvalue weighted by atomic mass is 9.80. The minimum absolute atomic E-state index is 0.0237. The van der Waals surface area contributed by atoms with Crippen LogP contribution in [0.2, 0.25) is 0 Å². The number of anilines is 1. The van der Waals surface area contributed by atoms with Crippen molar-refractivity contribution in [1.29, 1.82) is 0 Å². The number of benzene rings is 1. The molecule has 1 aromatic rings. The Balaban J connectivity index is 1.47. The molecule has 3 rings (SSSR count). The molecule has 0 spiro atoms. The topological polar surface area (TPSA) is 52.7 Å². The van der Waals surface area contributed by atoms with Crippen LogP contribution in [-0.4, -0.2) is 54.3 Å². The zero-order valence-electron chi connectivity index (χ0n) is 16.0. The molecule has 0 bridgehead atoms. The summed E-state index contributed by atoms with van der Waals surface area (Å²) < 4.78 is 0. The monoisotopic (exact) mass is 357 g/mol. The van der Waals surface area contributed by atoms with Gasteiger partial charge in [0.25, 0.3) is 0 Å². The first kappa shape index (κ1) is 18.9. The van der Waals surface area contributed by atoms with Gasteiger partial charge in [-0.15, -0.1) is 0 Å². The molecule has 5 heteroatoms. The Morgan fingerprint density at radius 3 is 2.23 bits per heavy atom. The number of hydrogen-bond acceptors (Lipinski definition) is 3. The largest absolute Gasteiger partial charge is 0.340 e. The maximum absolute atomic E-state index is 12.8. The van der Waals surface area contributed by atoms with Gasteiger partial charge in [0.05, 0.1) is 0 Å². The van der Waals surface area contributed by atoms with E-state index in [1.54, 1.807) is 0 Å². The third-order valence-corrected chi connectivity index (χ3v) is 5.98. The Bertz CT molecular complexity index is 630. The van der Waals surface area contributed by atoms with Crippen molar-refractivity contribution in [3.05, 3.63) is 29.8 Å². The van der Waals surface area contributed by atoms with Gasteiger partial charge in [0.15, 0.2) is 0 Å². The molecule has 1 saturated carbocycles. The second-order valence-corrected chi connectivity index (χ2v) is 7.61. The molecule has 2 aliphatic rings. The van der Waals surface area contributed by atoms with Crippen LogP contribution in [-0.2, 0) is 9.59 Å². The fraction of sp³-hybridized carbons (Fsp3) is 0.619. The van der Waals surface area contributed by atoms with Gasteiger partial charge >= 0.3 is 0 Å². The van der Waals surface area contributed by atoms with E-state index in [9.17, 15) is 9.59 Å². The van der Waals surface area contributed by atoms with Crippen molar-refractivity contribution in [3.63, 3.8) is 0 Å². The van der Waals surface area contributed by atoms with Gasteiger partial charge < -0.3 is 15.1 Å². The number of hydrogen-bond donors (Lipinski definition) is 1. The summed E-state index contributed by atoms with van der Waals surface area (Å²) in [6, 6.07) is 7.86. The van der Waals surface area contributed by atoms with Crippen molar-refractivity contribution < 1.29 is 9.59 Å². The van der Waals surface area contributed by atoms with E-state index in [1.807, 2.05) is 36.1 Å². The van der Waals surface area contributed by atoms with Crippen LogP contribution in [0.5, 0.6) is 0 Å². The molecular weight excluding hydrogens is 326 g/mol. The maximum Gasteiger partial charge on any atom is 0.227 e. The Labute approximate surface area is 156 Å². The Kier molecular flexibility index (Phi) is 6.30. The fourth-order valence-corrected chi connectivity index (χ4v) is 4.09. The molecule has 5 nitrogen and oxygen atoms in total. The summed E-state index contributed by atoms with van der Waals surface area (Å²) in [6.45, 7) is 8.89. The molecule has 1 aliphatic heterocycles. The molecule has 0 atom stereocenters. The standard InChI is InChI=1S/C21H31N3O2/c1-3-23-12-14-24(15-13-23)21(26)18-10-8-17(9-11-18)20(25)22-19-7-5-4-6-16(19)2/h4-7,17-18H,3,8-15H2,1-2H3,(H,22,25). The molecule has 0 radical (unpaired) electrons. The van der Waals surface area contributed by atoms with Gasteiger partial charge in [-0.25, -0.2) is 0 Å². The van der Waals surface area contributed by atoms with Crippen molar-refractivity contribution >= 4 is 17.5 Å². The van der Waals surface area contributed by atoms with Gasteiger partial charge in [-0.2, -0.15) is 0 Å². The van der Waals surface area contributed by atoms with Gasteiger partial charge in [0.2, 0.25) is 11.8 Å². The lowest BCUT2D eigenvalue weighted by Crippen LogP contribution is -2.50. The van der Waals surface area contributed by atoms with Crippen molar-refractivity contribution in [3.8, 4) is 0 Å². The highest BCUT2D eigenvalue weighted by molar-refractivity contribution is 5.93. The highest BCUT2D eigenvalue weighted by Crippen LogP contribution is 2.31. The third-order valence-electron chi connectivity index (χ3n) is 5.98. The van der Waals surface area contributed by atoms with Gasteiger partial charge in [-0.05, 0) is 50.8 Å². The molecule has 0 unspecified atom stereocenters. The van der Waals surface area contributed by atoms with Crippen LogP contribution in [0.1, 0.15) is 38.2 Å². The molecule has 0 aromatic heterocycles. The van der Waals surface area contributed by atoms with Crippen LogP contribution in [0.3, 0.4) is 0 Å². The molecule has 1 aromatic carbocycles. The number of carbonyl (C=O) groups excluding carboxylic acids is 2. The summed E-state index contributed by atoms with van der Waals surface area (Å²) in [4.78, 5) is 29.7. The first-order valence-electron chi connectivity index (χ1n) is 9.96. The molecular formula is C21H31N3O2. The van der Waals surface area contributed by atoms with E-state index in [2.05, 4.69) is 17.1 Å². The van der Waals surface area contributed by atoms with Gasteiger partial charge in [-0.3, -0.25) is 9.59 Å². The Hall–Kier alpha value is -1.88. The van der Waals surface area contributed by atoms with Crippen LogP contribution >= 0.6 is 0 Å². The van der Waals surface area contributed by atoms with Crippen LogP contribution in [0.15, 0.2) is 24.3 Å². The van der Waals surface area contributed by atoms with Gasteiger partial charge in [0.1, 0.15) is 0 Å². The highest BCUT2D eigenvalue weighted by atomic mass is 16.2. The zero-order chi connectivity index (χ0) is 18.5. The van der Waals surface area contributed by atoms with E-state index in [-0.39, 0.29) is 17.7 Å². The lowest BCUT2D eigenvalue weighted by Gasteiger charge is -2.37. The number of nitrogens with zero attached hydrogens (tertiary/aromatic N) is 2. The smallest absolute Gasteiger partial charge is 0.227 e. The first-order chi connectivity index (χ1) is 12.6. The Morgan fingerprint density at radius 1 is 1.00 bits per heavy atom. The number of rotatable bonds is 4. The van der Waals surface area contributed by atoms with Crippen LogP contribution in [0.25, 0.3) is 0 Å². The molecule has 26 heavy (non-hydrogen) atoms. The average molecular weight is 357 g/mol. The summed E-state index contributed by atoms with van der Waals surface area (Å²) in [6.07, 6.45) is 3.28. The number of aryl methyl sites for hydroxylation is 1. The predicted octanol–water partition coefficient (Wildman–Crippen LogP) is 2.90. The van der Waals surface area contributed by atoms with Crippen molar-refractivity contribution in [1.82, 2.24) is 9.80 Å². The molecule has 2 amide bonds. The number of nitrogens with one attached hydrogen (secondary N) is 1. The highest BCUT2D eigenvalue weighted by Gasteiger charge is 2.33. The number of carbonyl (C=O) groups is 2. The minimum Gasteiger partial charge on any atom is -0.340 e. The average Bonchev–Trinajstić information content (AvgIpc) is 2.69. The quantitative estimate of drug-likeness (QED) is 0.901. The second kappa shape index (κ2) is 8.67. The van der Waals surface area contributed by atoms with Crippen LogP contribution < -0.4 is 5.32 Å². The van der Waals surface area contributed by atoms with Crippen molar-refractivity contribution in [2.75, 3.05) is 38.0 Å². The summed E-state index contributed by atoms with van der Waals surface area (Å²) in [5.74, 6) is 0.529. The molecule has 1 heterocycles. The summed E-state index contributed by atoms with van der Waals surface area (Å²) in [5, 5.41) is 3.06. The summed E-state index contributed by atoms with van der Waals surface area (Å²) in [7, 11) is 0. The van der Waals surface area contributed by atoms with E-state index in [0.29, 0.717) is 5.91 Å². The normalized spacial score (nSPS) is 24.3. The van der Waals surface area contributed by atoms with Crippen LogP contribution in [0.4, 0.5) is 5.69 Å². The molecule has 142 valence electrons. The van der Waals surface area contributed by atoms with Crippen molar-refractivity contribution in [2.45, 2.75) is 39.5 Å². The minimum atomic E-state index is 0.0237. The number of piperazine rings is 1. The van der Waals surface area contributed by atoms with E-state index in [4.69, 9.17) is 0 Å². The van der Waals surface area contributed by atoms with E-state index < -0.39 is 0 Å². The maximum atomic E-state index is 12.8. The predicted molar refractivity (Wildman–Crippen MR) is 104 cm³/mol. The lowest BCUT2D eigenvalue weighted by molar-refractivity contribution is -0.139. The number of amides is 2. The third kappa shape index (κ3) is 4.44. The first-order valence-corrected chi connectivity index (χ1v) is 9.96.